The van der Waals surface area contributed by atoms with Gasteiger partial charge in [-0.1, -0.05) is 6.08 Å². The van der Waals surface area contributed by atoms with Crippen molar-refractivity contribution in [2.24, 2.45) is 0 Å². The molecule has 0 spiro atoms. The van der Waals surface area contributed by atoms with Gasteiger partial charge in [0.1, 0.15) is 11.3 Å². The van der Waals surface area contributed by atoms with Crippen LogP contribution >= 0.6 is 0 Å². The molecular formula is C23H21FN6. The third-order valence-electron chi connectivity index (χ3n) is 5.35. The Kier molecular flexibility index (Phi) is 4.31. The molecule has 0 amide bonds. The highest BCUT2D eigenvalue weighted by Gasteiger charge is 2.22. The van der Waals surface area contributed by atoms with Gasteiger partial charge >= 0.3 is 0 Å². The average Bonchev–Trinajstić information content (AvgIpc) is 3.29. The molecule has 0 radical (unpaired) electrons. The van der Waals surface area contributed by atoms with Crippen LogP contribution in [-0.2, 0) is 6.42 Å². The molecule has 0 bridgehead atoms. The highest BCUT2D eigenvalue weighted by molar-refractivity contribution is 5.89. The van der Waals surface area contributed by atoms with Gasteiger partial charge in [-0.15, -0.1) is 0 Å². The van der Waals surface area contributed by atoms with E-state index in [2.05, 4.69) is 49.7 Å². The molecule has 1 aliphatic rings. The Balaban J connectivity index is 1.53. The third-order valence-corrected chi connectivity index (χ3v) is 5.35. The van der Waals surface area contributed by atoms with Crippen LogP contribution in [0.4, 0.5) is 16.0 Å². The Bertz CT molecular complexity index is 1290. The first-order chi connectivity index (χ1) is 14.5. The van der Waals surface area contributed by atoms with Crippen molar-refractivity contribution in [3.63, 3.8) is 0 Å². The molecule has 1 aromatic carbocycles. The van der Waals surface area contributed by atoms with E-state index in [0.717, 1.165) is 39.4 Å². The predicted molar refractivity (Wildman–Crippen MR) is 115 cm³/mol. The number of nitrogens with zero attached hydrogens (tertiary/aromatic N) is 5. The van der Waals surface area contributed by atoms with Crippen molar-refractivity contribution in [1.82, 2.24) is 24.5 Å². The smallest absolute Gasteiger partial charge is 0.227 e. The van der Waals surface area contributed by atoms with Crippen LogP contribution < -0.4 is 5.32 Å². The Morgan fingerprint density at radius 3 is 2.70 bits per heavy atom. The van der Waals surface area contributed by atoms with E-state index in [1.54, 1.807) is 24.7 Å². The number of hydrogen-bond donors (Lipinski definition) is 1. The molecule has 0 saturated heterocycles. The van der Waals surface area contributed by atoms with Crippen molar-refractivity contribution in [2.45, 2.75) is 33.2 Å². The fraction of sp³-hybridized carbons (Fsp3) is 0.217. The third kappa shape index (κ3) is 3.03. The molecule has 3 aromatic heterocycles. The number of benzene rings is 1. The van der Waals surface area contributed by atoms with Crippen LogP contribution in [0.15, 0.2) is 48.9 Å². The molecule has 3 heterocycles. The Labute approximate surface area is 173 Å². The van der Waals surface area contributed by atoms with Crippen LogP contribution in [0.25, 0.3) is 16.6 Å². The molecule has 30 heavy (non-hydrogen) atoms. The second kappa shape index (κ2) is 7.02. The van der Waals surface area contributed by atoms with Gasteiger partial charge in [-0.2, -0.15) is 0 Å². The summed E-state index contributed by atoms with van der Waals surface area (Å²) in [6, 6.07) is 7.49. The monoisotopic (exact) mass is 400 g/mol. The number of allylic oxidation sites excluding steroid dienone is 1. The topological polar surface area (TPSA) is 68.5 Å². The van der Waals surface area contributed by atoms with E-state index in [-0.39, 0.29) is 11.9 Å². The van der Waals surface area contributed by atoms with Gasteiger partial charge in [-0.25, -0.2) is 19.3 Å². The number of hydrogen-bond acceptors (Lipinski definition) is 5. The minimum atomic E-state index is -0.309. The average molecular weight is 400 g/mol. The largest absolute Gasteiger partial charge is 0.326 e. The van der Waals surface area contributed by atoms with Crippen LogP contribution in [-0.4, -0.2) is 24.5 Å². The Hall–Kier alpha value is -3.61. The van der Waals surface area contributed by atoms with Crippen LogP contribution in [0, 0.1) is 12.7 Å². The molecule has 0 fully saturated rings. The summed E-state index contributed by atoms with van der Waals surface area (Å²) in [5.41, 5.74) is 5.73. The fourth-order valence-corrected chi connectivity index (χ4v) is 4.08. The molecule has 1 N–H and O–H groups in total. The van der Waals surface area contributed by atoms with E-state index in [9.17, 15) is 4.39 Å². The molecule has 6 nitrogen and oxygen atoms in total. The predicted octanol–water partition coefficient (Wildman–Crippen LogP) is 4.98. The van der Waals surface area contributed by atoms with Crippen LogP contribution in [0.1, 0.15) is 42.5 Å². The number of imidazole rings is 1. The second-order valence-electron chi connectivity index (χ2n) is 7.69. The first-order valence-electron chi connectivity index (χ1n) is 9.93. The number of anilines is 2. The van der Waals surface area contributed by atoms with E-state index < -0.39 is 0 Å². The lowest BCUT2D eigenvalue weighted by Gasteiger charge is -2.12. The number of nitrogens with one attached hydrogen (secondary N) is 1. The molecule has 0 unspecified atom stereocenters. The number of pyridine rings is 1. The normalized spacial score (nSPS) is 13.0. The summed E-state index contributed by atoms with van der Waals surface area (Å²) < 4.78 is 17.0. The van der Waals surface area contributed by atoms with Gasteiger partial charge in [0.15, 0.2) is 5.82 Å². The number of aryl methyl sites for hydroxylation is 1. The lowest BCUT2D eigenvalue weighted by atomic mass is 10.0. The second-order valence-corrected chi connectivity index (χ2v) is 7.69. The van der Waals surface area contributed by atoms with Crippen molar-refractivity contribution in [2.75, 3.05) is 5.32 Å². The van der Waals surface area contributed by atoms with Gasteiger partial charge in [-0.05, 0) is 56.2 Å². The van der Waals surface area contributed by atoms with E-state index in [0.29, 0.717) is 17.9 Å². The summed E-state index contributed by atoms with van der Waals surface area (Å²) in [7, 11) is 0. The van der Waals surface area contributed by atoms with Gasteiger partial charge in [0.05, 0.1) is 11.2 Å². The quantitative estimate of drug-likeness (QED) is 0.523. The maximum absolute atomic E-state index is 14.9. The highest BCUT2D eigenvalue weighted by Crippen LogP contribution is 2.35. The number of halogens is 1. The summed E-state index contributed by atoms with van der Waals surface area (Å²) in [5, 5.41) is 3.19. The molecule has 0 aliphatic heterocycles. The molecule has 0 atom stereocenters. The van der Waals surface area contributed by atoms with Gasteiger partial charge in [0.2, 0.25) is 5.95 Å². The number of aromatic nitrogens is 5. The van der Waals surface area contributed by atoms with Gasteiger partial charge < -0.3 is 9.88 Å². The van der Waals surface area contributed by atoms with Gasteiger partial charge in [0.25, 0.3) is 0 Å². The minimum absolute atomic E-state index is 0.194. The molecule has 150 valence electrons. The zero-order valence-electron chi connectivity index (χ0n) is 17.0. The van der Waals surface area contributed by atoms with E-state index in [1.165, 1.54) is 0 Å². The minimum Gasteiger partial charge on any atom is -0.326 e. The van der Waals surface area contributed by atoms with Crippen molar-refractivity contribution < 1.29 is 4.39 Å². The van der Waals surface area contributed by atoms with E-state index in [1.807, 2.05) is 25.1 Å². The fourth-order valence-electron chi connectivity index (χ4n) is 4.08. The zero-order valence-corrected chi connectivity index (χ0v) is 17.0. The van der Waals surface area contributed by atoms with E-state index in [4.69, 9.17) is 0 Å². The summed E-state index contributed by atoms with van der Waals surface area (Å²) >= 11 is 0. The van der Waals surface area contributed by atoms with Gasteiger partial charge in [0, 0.05) is 42.3 Å². The summed E-state index contributed by atoms with van der Waals surface area (Å²) in [4.78, 5) is 17.6. The van der Waals surface area contributed by atoms with Gasteiger partial charge in [-0.3, -0.25) is 4.98 Å². The lowest BCUT2D eigenvalue weighted by molar-refractivity contribution is 0.600. The maximum Gasteiger partial charge on any atom is 0.227 e. The zero-order chi connectivity index (χ0) is 20.8. The van der Waals surface area contributed by atoms with Crippen molar-refractivity contribution in [3.8, 4) is 0 Å². The standard InChI is InChI=1S/C23H21FN6/c1-13(2)30-14(3)27-22-19(24)10-15(11-21(22)30)17-4-5-20-18(17)12-26-23(29-20)28-16-6-8-25-9-7-16/h4,6-13H,5H2,1-3H3,(H,25,26,28,29). The summed E-state index contributed by atoms with van der Waals surface area (Å²) in [6.07, 6.45) is 7.99. The van der Waals surface area contributed by atoms with Crippen molar-refractivity contribution in [1.29, 1.82) is 0 Å². The van der Waals surface area contributed by atoms with E-state index >= 15 is 0 Å². The lowest BCUT2D eigenvalue weighted by Crippen LogP contribution is -2.03. The summed E-state index contributed by atoms with van der Waals surface area (Å²) in [6.45, 7) is 6.07. The Morgan fingerprint density at radius 1 is 1.13 bits per heavy atom. The maximum atomic E-state index is 14.9. The van der Waals surface area contributed by atoms with Crippen LogP contribution in [0.3, 0.4) is 0 Å². The van der Waals surface area contributed by atoms with Crippen LogP contribution in [0.5, 0.6) is 0 Å². The molecule has 5 rings (SSSR count). The molecular weight excluding hydrogens is 379 g/mol. The molecule has 0 saturated carbocycles. The Morgan fingerprint density at radius 2 is 1.93 bits per heavy atom. The van der Waals surface area contributed by atoms with Crippen molar-refractivity contribution in [3.05, 3.63) is 77.4 Å². The van der Waals surface area contributed by atoms with Crippen LogP contribution in [0.2, 0.25) is 0 Å². The summed E-state index contributed by atoms with van der Waals surface area (Å²) in [5.74, 6) is 1.04. The SMILES string of the molecule is Cc1nc2c(F)cc(C3=CCc4nc(Nc5ccncc5)ncc43)cc2n1C(C)C. The van der Waals surface area contributed by atoms with Crippen molar-refractivity contribution >= 4 is 28.2 Å². The highest BCUT2D eigenvalue weighted by atomic mass is 19.1. The number of rotatable bonds is 4. The molecule has 7 heteroatoms. The first-order valence-corrected chi connectivity index (χ1v) is 9.93. The molecule has 4 aromatic rings. The number of fused-ring (bicyclic) bond motifs is 2. The first kappa shape index (κ1) is 18.4. The molecule has 1 aliphatic carbocycles.